The lowest BCUT2D eigenvalue weighted by molar-refractivity contribution is -0.117. The van der Waals surface area contributed by atoms with Gasteiger partial charge >= 0.3 is 0 Å². The van der Waals surface area contributed by atoms with Crippen LogP contribution in [0.25, 0.3) is 10.9 Å². The van der Waals surface area contributed by atoms with Gasteiger partial charge in [-0.05, 0) is 48.4 Å². The van der Waals surface area contributed by atoms with Crippen molar-refractivity contribution >= 4 is 34.3 Å². The highest BCUT2D eigenvalue weighted by Crippen LogP contribution is 2.26. The molecule has 4 aromatic rings. The fourth-order valence-corrected chi connectivity index (χ4v) is 4.75. The van der Waals surface area contributed by atoms with E-state index in [-0.39, 0.29) is 11.5 Å². The normalized spacial score (nSPS) is 13.9. The molecule has 0 spiro atoms. The van der Waals surface area contributed by atoms with Crippen LogP contribution in [0, 0.1) is 0 Å². The molecule has 5 rings (SSSR count). The molecule has 0 saturated carbocycles. The number of nitrogens with zero attached hydrogens (tertiary/aromatic N) is 3. The summed E-state index contributed by atoms with van der Waals surface area (Å²) in [6.45, 7) is 1.12. The van der Waals surface area contributed by atoms with Crippen LogP contribution >= 0.6 is 11.8 Å². The number of rotatable bonds is 6. The number of amides is 1. The maximum atomic E-state index is 13.1. The van der Waals surface area contributed by atoms with Crippen LogP contribution in [0.4, 0.5) is 5.69 Å². The lowest BCUT2D eigenvalue weighted by Gasteiger charge is -2.16. The van der Waals surface area contributed by atoms with E-state index in [0.29, 0.717) is 40.5 Å². The van der Waals surface area contributed by atoms with Crippen molar-refractivity contribution in [3.05, 3.63) is 88.6 Å². The van der Waals surface area contributed by atoms with Crippen LogP contribution in [0.3, 0.4) is 0 Å². The second-order valence-corrected chi connectivity index (χ2v) is 8.43. The van der Waals surface area contributed by atoms with Crippen LogP contribution < -0.4 is 10.5 Å². The van der Waals surface area contributed by atoms with Gasteiger partial charge in [-0.15, -0.1) is 0 Å². The Labute approximate surface area is 183 Å². The highest BCUT2D eigenvalue weighted by molar-refractivity contribution is 7.98. The van der Waals surface area contributed by atoms with Gasteiger partial charge in [0.2, 0.25) is 5.91 Å². The molecule has 3 heterocycles. The maximum absolute atomic E-state index is 13.1. The third kappa shape index (κ3) is 4.01. The van der Waals surface area contributed by atoms with Gasteiger partial charge < -0.3 is 9.32 Å². The molecule has 156 valence electrons. The minimum atomic E-state index is -0.0765. The molecule has 1 amide bonds. The number of hydrogen-bond donors (Lipinski definition) is 0. The molecule has 1 aliphatic heterocycles. The third-order valence-electron chi connectivity index (χ3n) is 5.41. The summed E-state index contributed by atoms with van der Waals surface area (Å²) < 4.78 is 7.13. The minimum absolute atomic E-state index is 0.0765. The van der Waals surface area contributed by atoms with Crippen LogP contribution in [-0.2, 0) is 17.1 Å². The van der Waals surface area contributed by atoms with E-state index in [0.717, 1.165) is 24.2 Å². The van der Waals surface area contributed by atoms with Crippen molar-refractivity contribution in [1.29, 1.82) is 0 Å². The first-order valence-electron chi connectivity index (χ1n) is 10.2. The summed E-state index contributed by atoms with van der Waals surface area (Å²) >= 11 is 1.52. The Morgan fingerprint density at radius 1 is 1.00 bits per heavy atom. The minimum Gasteiger partial charge on any atom is -0.467 e. The molecule has 0 bridgehead atoms. The number of benzene rings is 2. The van der Waals surface area contributed by atoms with Gasteiger partial charge in [-0.1, -0.05) is 36.0 Å². The number of anilines is 1. The van der Waals surface area contributed by atoms with Gasteiger partial charge in [0.05, 0.1) is 23.7 Å². The highest BCUT2D eigenvalue weighted by Gasteiger charge is 2.21. The van der Waals surface area contributed by atoms with E-state index < -0.39 is 0 Å². The predicted molar refractivity (Wildman–Crippen MR) is 121 cm³/mol. The molecule has 1 aliphatic rings. The first-order chi connectivity index (χ1) is 15.2. The fourth-order valence-electron chi connectivity index (χ4n) is 3.80. The smallest absolute Gasteiger partial charge is 0.262 e. The lowest BCUT2D eigenvalue weighted by Crippen LogP contribution is -2.24. The summed E-state index contributed by atoms with van der Waals surface area (Å²) in [7, 11) is 0. The van der Waals surface area contributed by atoms with E-state index in [4.69, 9.17) is 9.40 Å². The van der Waals surface area contributed by atoms with Crippen LogP contribution in [-0.4, -0.2) is 22.0 Å². The SMILES string of the molecule is O=C1CCCN1c1ccc(CSc2nc3ccccc3c(=O)n2Cc2ccco2)cc1. The second kappa shape index (κ2) is 8.43. The number of furan rings is 1. The van der Waals surface area contributed by atoms with Crippen LogP contribution in [0.5, 0.6) is 0 Å². The summed E-state index contributed by atoms with van der Waals surface area (Å²) in [6, 6.07) is 19.1. The molecule has 2 aromatic carbocycles. The summed E-state index contributed by atoms with van der Waals surface area (Å²) in [4.78, 5) is 31.7. The van der Waals surface area contributed by atoms with E-state index in [2.05, 4.69) is 0 Å². The van der Waals surface area contributed by atoms with Crippen molar-refractivity contribution in [2.75, 3.05) is 11.4 Å². The number of carbonyl (C=O) groups is 1. The van der Waals surface area contributed by atoms with E-state index in [1.165, 1.54) is 11.8 Å². The number of para-hydroxylation sites is 1. The monoisotopic (exact) mass is 431 g/mol. The Morgan fingerprint density at radius 3 is 2.58 bits per heavy atom. The van der Waals surface area contributed by atoms with Crippen molar-refractivity contribution in [3.63, 3.8) is 0 Å². The Kier molecular flexibility index (Phi) is 5.34. The molecule has 0 N–H and O–H groups in total. The average Bonchev–Trinajstić information content (AvgIpc) is 3.47. The molecule has 0 radical (unpaired) electrons. The Morgan fingerprint density at radius 2 is 1.84 bits per heavy atom. The van der Waals surface area contributed by atoms with Gasteiger partial charge in [-0.2, -0.15) is 0 Å². The summed E-state index contributed by atoms with van der Waals surface area (Å²) in [5, 5.41) is 1.25. The molecule has 2 aromatic heterocycles. The molecular formula is C24H21N3O3S. The number of aromatic nitrogens is 2. The standard InChI is InChI=1S/C24H21N3O3S/c28-22-8-3-13-26(22)18-11-9-17(10-12-18)16-31-24-25-21-7-2-1-6-20(21)23(29)27(24)15-19-5-4-14-30-19/h1-2,4-7,9-12,14H,3,8,13,15-16H2. The lowest BCUT2D eigenvalue weighted by atomic mass is 10.2. The molecule has 0 unspecified atom stereocenters. The zero-order valence-corrected chi connectivity index (χ0v) is 17.7. The predicted octanol–water partition coefficient (Wildman–Crippen LogP) is 4.46. The first kappa shape index (κ1) is 19.6. The van der Waals surface area contributed by atoms with Crippen molar-refractivity contribution in [2.24, 2.45) is 0 Å². The Hall–Kier alpha value is -3.32. The van der Waals surface area contributed by atoms with Crippen molar-refractivity contribution in [2.45, 2.75) is 30.3 Å². The molecular weight excluding hydrogens is 410 g/mol. The average molecular weight is 432 g/mol. The number of thioether (sulfide) groups is 1. The Balaban J connectivity index is 1.41. The topological polar surface area (TPSA) is 68.3 Å². The molecule has 0 aliphatic carbocycles. The summed E-state index contributed by atoms with van der Waals surface area (Å²) in [5.41, 5.74) is 2.66. The molecule has 1 fully saturated rings. The molecule has 0 atom stereocenters. The van der Waals surface area contributed by atoms with Gasteiger partial charge in [0.15, 0.2) is 5.16 Å². The van der Waals surface area contributed by atoms with E-state index in [9.17, 15) is 9.59 Å². The van der Waals surface area contributed by atoms with Gasteiger partial charge in [0.25, 0.3) is 5.56 Å². The Bertz CT molecular complexity index is 1280. The molecule has 1 saturated heterocycles. The maximum Gasteiger partial charge on any atom is 0.262 e. The quantitative estimate of drug-likeness (QED) is 0.333. The third-order valence-corrected chi connectivity index (χ3v) is 6.46. The highest BCUT2D eigenvalue weighted by atomic mass is 32.2. The van der Waals surface area contributed by atoms with Gasteiger partial charge in [-0.3, -0.25) is 14.2 Å². The van der Waals surface area contributed by atoms with Crippen molar-refractivity contribution in [3.8, 4) is 0 Å². The largest absolute Gasteiger partial charge is 0.467 e. The van der Waals surface area contributed by atoms with Gasteiger partial charge in [-0.25, -0.2) is 4.98 Å². The van der Waals surface area contributed by atoms with Crippen LogP contribution in [0.15, 0.2) is 81.3 Å². The van der Waals surface area contributed by atoms with Gasteiger partial charge in [0.1, 0.15) is 5.76 Å². The van der Waals surface area contributed by atoms with Crippen molar-refractivity contribution < 1.29 is 9.21 Å². The summed E-state index contributed by atoms with van der Waals surface area (Å²) in [5.74, 6) is 1.56. The van der Waals surface area contributed by atoms with Crippen LogP contribution in [0.1, 0.15) is 24.2 Å². The molecule has 31 heavy (non-hydrogen) atoms. The number of fused-ring (bicyclic) bond motifs is 1. The number of hydrogen-bond acceptors (Lipinski definition) is 5. The molecule has 7 heteroatoms. The molecule has 6 nitrogen and oxygen atoms in total. The number of carbonyl (C=O) groups excluding carboxylic acids is 1. The van der Waals surface area contributed by atoms with E-state index in [1.807, 2.05) is 59.5 Å². The first-order valence-corrected chi connectivity index (χ1v) is 11.2. The second-order valence-electron chi connectivity index (χ2n) is 7.49. The van der Waals surface area contributed by atoms with E-state index in [1.54, 1.807) is 16.9 Å². The van der Waals surface area contributed by atoms with E-state index >= 15 is 0 Å². The van der Waals surface area contributed by atoms with Gasteiger partial charge in [0, 0.05) is 24.4 Å². The van der Waals surface area contributed by atoms with Crippen molar-refractivity contribution in [1.82, 2.24) is 9.55 Å². The zero-order valence-electron chi connectivity index (χ0n) is 16.9. The zero-order chi connectivity index (χ0) is 21.2. The fraction of sp³-hybridized carbons (Fsp3) is 0.208. The van der Waals surface area contributed by atoms with Crippen LogP contribution in [0.2, 0.25) is 0 Å². The summed E-state index contributed by atoms with van der Waals surface area (Å²) in [6.07, 6.45) is 3.14.